The molecule has 1 atom stereocenters. The summed E-state index contributed by atoms with van der Waals surface area (Å²) in [7, 11) is 0. The molecular formula is C28H34N4O. The van der Waals surface area contributed by atoms with Crippen LogP contribution >= 0.6 is 0 Å². The van der Waals surface area contributed by atoms with Gasteiger partial charge in [0, 0.05) is 17.7 Å². The molecule has 2 aromatic carbocycles. The highest BCUT2D eigenvalue weighted by Gasteiger charge is 2.25. The molecule has 1 aliphatic rings. The molecule has 1 unspecified atom stereocenters. The normalized spacial score (nSPS) is 16.2. The fourth-order valence-corrected chi connectivity index (χ4v) is 4.08. The van der Waals surface area contributed by atoms with Gasteiger partial charge in [-0.3, -0.25) is 4.79 Å². The lowest BCUT2D eigenvalue weighted by molar-refractivity contribution is 0.372. The van der Waals surface area contributed by atoms with Crippen LogP contribution < -0.4 is 10.9 Å². The molecule has 1 N–H and O–H groups in total. The molecule has 1 aliphatic heterocycles. The lowest BCUT2D eigenvalue weighted by Crippen LogP contribution is -2.25. The smallest absolute Gasteiger partial charge is 0.274 e. The number of benzene rings is 2. The fourth-order valence-electron chi connectivity index (χ4n) is 4.08. The molecule has 5 nitrogen and oxygen atoms in total. The van der Waals surface area contributed by atoms with Gasteiger partial charge in [0.25, 0.3) is 5.56 Å². The second-order valence-corrected chi connectivity index (χ2v) is 9.92. The number of para-hydroxylation sites is 1. The number of aromatic nitrogens is 2. The van der Waals surface area contributed by atoms with Crippen LogP contribution in [0.1, 0.15) is 76.0 Å². The third kappa shape index (κ3) is 4.92. The van der Waals surface area contributed by atoms with Crippen LogP contribution in [0.4, 0.5) is 5.69 Å². The molecule has 0 aliphatic carbocycles. The minimum Gasteiger partial charge on any atom is -0.379 e. The van der Waals surface area contributed by atoms with Crippen LogP contribution in [0.25, 0.3) is 0 Å². The largest absolute Gasteiger partial charge is 0.379 e. The zero-order valence-corrected chi connectivity index (χ0v) is 20.3. The van der Waals surface area contributed by atoms with E-state index < -0.39 is 0 Å². The Morgan fingerprint density at radius 2 is 1.79 bits per heavy atom. The van der Waals surface area contributed by atoms with E-state index in [2.05, 4.69) is 64.2 Å². The molecule has 5 heteroatoms. The van der Waals surface area contributed by atoms with Crippen LogP contribution in [0.15, 0.2) is 70.6 Å². The monoisotopic (exact) mass is 442 g/mol. The van der Waals surface area contributed by atoms with Gasteiger partial charge in [-0.05, 0) is 47.4 Å². The van der Waals surface area contributed by atoms with Crippen molar-refractivity contribution < 1.29 is 0 Å². The zero-order chi connectivity index (χ0) is 23.6. The first-order chi connectivity index (χ1) is 15.8. The Labute approximate surface area is 196 Å². The van der Waals surface area contributed by atoms with Gasteiger partial charge in [0.1, 0.15) is 5.82 Å². The summed E-state index contributed by atoms with van der Waals surface area (Å²) in [6.45, 7) is 11.7. The summed E-state index contributed by atoms with van der Waals surface area (Å²) in [5, 5.41) is 8.12. The highest BCUT2D eigenvalue weighted by atomic mass is 16.1. The minimum absolute atomic E-state index is 0.107. The minimum atomic E-state index is -0.131. The SMILES string of the molecule is CC1CCC(c2ccc(C(C)(C)C(C)C)cc2)=Nn2c1nc(CNc1ccccc1)cc2=O. The van der Waals surface area contributed by atoms with E-state index in [1.165, 1.54) is 10.2 Å². The first-order valence-corrected chi connectivity index (χ1v) is 11.9. The van der Waals surface area contributed by atoms with Crippen molar-refractivity contribution in [3.05, 3.63) is 93.7 Å². The Balaban J connectivity index is 1.62. The zero-order valence-electron chi connectivity index (χ0n) is 20.3. The molecule has 0 saturated heterocycles. The second-order valence-electron chi connectivity index (χ2n) is 9.92. The Morgan fingerprint density at radius 1 is 1.09 bits per heavy atom. The lowest BCUT2D eigenvalue weighted by atomic mass is 9.75. The van der Waals surface area contributed by atoms with Crippen LogP contribution in [-0.4, -0.2) is 15.4 Å². The lowest BCUT2D eigenvalue weighted by Gasteiger charge is -2.30. The summed E-state index contributed by atoms with van der Waals surface area (Å²) >= 11 is 0. The van der Waals surface area contributed by atoms with Crippen LogP contribution in [0.2, 0.25) is 0 Å². The van der Waals surface area contributed by atoms with Gasteiger partial charge >= 0.3 is 0 Å². The summed E-state index contributed by atoms with van der Waals surface area (Å²) in [4.78, 5) is 17.8. The second kappa shape index (κ2) is 9.34. The van der Waals surface area contributed by atoms with Gasteiger partial charge in [-0.2, -0.15) is 9.78 Å². The predicted molar refractivity (Wildman–Crippen MR) is 136 cm³/mol. The summed E-state index contributed by atoms with van der Waals surface area (Å²) in [5.74, 6) is 1.43. The van der Waals surface area contributed by atoms with Gasteiger partial charge in [0.2, 0.25) is 0 Å². The van der Waals surface area contributed by atoms with E-state index >= 15 is 0 Å². The van der Waals surface area contributed by atoms with Crippen molar-refractivity contribution >= 4 is 11.4 Å². The van der Waals surface area contributed by atoms with Crippen LogP contribution in [0.5, 0.6) is 0 Å². The molecule has 0 saturated carbocycles. The van der Waals surface area contributed by atoms with Gasteiger partial charge in [-0.25, -0.2) is 4.98 Å². The number of hydrogen-bond donors (Lipinski definition) is 1. The molecule has 4 rings (SSSR count). The summed E-state index contributed by atoms with van der Waals surface area (Å²) in [5.41, 5.74) is 5.05. The highest BCUT2D eigenvalue weighted by molar-refractivity contribution is 6.00. The van der Waals surface area contributed by atoms with E-state index in [1.807, 2.05) is 30.3 Å². The van der Waals surface area contributed by atoms with Crippen molar-refractivity contribution in [3.63, 3.8) is 0 Å². The number of hydrogen-bond acceptors (Lipinski definition) is 4. The molecule has 0 bridgehead atoms. The van der Waals surface area contributed by atoms with E-state index in [0.29, 0.717) is 12.5 Å². The van der Waals surface area contributed by atoms with Crippen molar-refractivity contribution in [2.45, 2.75) is 65.3 Å². The van der Waals surface area contributed by atoms with Crippen molar-refractivity contribution in [2.24, 2.45) is 11.0 Å². The Hall–Kier alpha value is -3.21. The first kappa shape index (κ1) is 23.0. The number of nitrogens with one attached hydrogen (secondary N) is 1. The average molecular weight is 443 g/mol. The van der Waals surface area contributed by atoms with Gasteiger partial charge < -0.3 is 5.32 Å². The highest BCUT2D eigenvalue weighted by Crippen LogP contribution is 2.32. The number of nitrogens with zero attached hydrogens (tertiary/aromatic N) is 3. The maximum absolute atomic E-state index is 13.0. The third-order valence-electron chi connectivity index (χ3n) is 7.10. The molecule has 33 heavy (non-hydrogen) atoms. The molecule has 2 heterocycles. The Kier molecular flexibility index (Phi) is 6.50. The molecule has 172 valence electrons. The number of anilines is 1. The molecule has 0 fully saturated rings. The van der Waals surface area contributed by atoms with E-state index in [4.69, 9.17) is 10.1 Å². The first-order valence-electron chi connectivity index (χ1n) is 11.9. The van der Waals surface area contributed by atoms with Crippen molar-refractivity contribution in [1.82, 2.24) is 9.66 Å². The molecule has 3 aromatic rings. The quantitative estimate of drug-likeness (QED) is 0.514. The summed E-state index contributed by atoms with van der Waals surface area (Å²) in [6.07, 6.45) is 1.72. The van der Waals surface area contributed by atoms with Gasteiger partial charge in [-0.1, -0.05) is 77.1 Å². The molecule has 1 aromatic heterocycles. The fraction of sp³-hybridized carbons (Fsp3) is 0.393. The Morgan fingerprint density at radius 3 is 2.45 bits per heavy atom. The Bertz CT molecular complexity index is 1190. The van der Waals surface area contributed by atoms with Gasteiger partial charge in [0.05, 0.1) is 18.0 Å². The van der Waals surface area contributed by atoms with Crippen LogP contribution in [0, 0.1) is 5.92 Å². The topological polar surface area (TPSA) is 59.3 Å². The van der Waals surface area contributed by atoms with Crippen LogP contribution in [0.3, 0.4) is 0 Å². The van der Waals surface area contributed by atoms with Gasteiger partial charge in [0.15, 0.2) is 0 Å². The van der Waals surface area contributed by atoms with Crippen molar-refractivity contribution in [1.29, 1.82) is 0 Å². The number of rotatable bonds is 6. The van der Waals surface area contributed by atoms with E-state index in [0.717, 1.165) is 41.3 Å². The third-order valence-corrected chi connectivity index (χ3v) is 7.10. The molecule has 0 amide bonds. The predicted octanol–water partition coefficient (Wildman–Crippen LogP) is 5.94. The summed E-state index contributed by atoms with van der Waals surface area (Å²) in [6, 6.07) is 20.2. The van der Waals surface area contributed by atoms with Crippen LogP contribution in [-0.2, 0) is 12.0 Å². The maximum atomic E-state index is 13.0. The molecule has 0 spiro atoms. The standard InChI is InChI=1S/C28H34N4O/c1-19(2)28(4,5)22-14-12-21(13-15-22)25-16-11-20(3)27-30-24(17-26(33)32(27)31-25)18-29-23-9-7-6-8-10-23/h6-10,12-15,17,19-20,29H,11,16,18H2,1-5H3. The van der Waals surface area contributed by atoms with E-state index in [1.54, 1.807) is 6.07 Å². The van der Waals surface area contributed by atoms with E-state index in [-0.39, 0.29) is 16.9 Å². The molecular weight excluding hydrogens is 408 g/mol. The maximum Gasteiger partial charge on any atom is 0.274 e. The summed E-state index contributed by atoms with van der Waals surface area (Å²) < 4.78 is 1.50. The van der Waals surface area contributed by atoms with E-state index in [9.17, 15) is 4.79 Å². The van der Waals surface area contributed by atoms with Crippen molar-refractivity contribution in [2.75, 3.05) is 5.32 Å². The van der Waals surface area contributed by atoms with Gasteiger partial charge in [-0.15, -0.1) is 0 Å². The molecule has 0 radical (unpaired) electrons. The average Bonchev–Trinajstić information content (AvgIpc) is 2.98. The van der Waals surface area contributed by atoms with Crippen molar-refractivity contribution in [3.8, 4) is 0 Å². The number of fused-ring (bicyclic) bond motifs is 1.